The Balaban J connectivity index is 1.73. The molecule has 3 rings (SSSR count). The van der Waals surface area contributed by atoms with Crippen LogP contribution in [0.2, 0.25) is 5.02 Å². The van der Waals surface area contributed by atoms with Crippen molar-refractivity contribution in [3.63, 3.8) is 0 Å². The standard InChI is InChI=1S/C21H28ClN3O2/c1-13-10-25(11-14(2)27-13)21(4,5)12-23-20(26)18-9-16-8-17(22)6-7-19(16)24-15(18)3/h6-9,13-14H,10-12H2,1-5H3,(H,23,26). The van der Waals surface area contributed by atoms with E-state index in [9.17, 15) is 4.79 Å². The molecule has 1 fully saturated rings. The number of carbonyl (C=O) groups excluding carboxylic acids is 1. The molecule has 1 aromatic carbocycles. The fourth-order valence-corrected chi connectivity index (χ4v) is 3.83. The lowest BCUT2D eigenvalue weighted by Gasteiger charge is -2.45. The maximum Gasteiger partial charge on any atom is 0.253 e. The minimum Gasteiger partial charge on any atom is -0.373 e. The van der Waals surface area contributed by atoms with Crippen LogP contribution in [0.4, 0.5) is 0 Å². The van der Waals surface area contributed by atoms with Gasteiger partial charge >= 0.3 is 0 Å². The molecule has 2 heterocycles. The molecule has 0 aliphatic carbocycles. The quantitative estimate of drug-likeness (QED) is 0.863. The van der Waals surface area contributed by atoms with Crippen LogP contribution in [0.25, 0.3) is 10.9 Å². The Kier molecular flexibility index (Phi) is 5.75. The molecule has 1 N–H and O–H groups in total. The van der Waals surface area contributed by atoms with Crippen molar-refractivity contribution in [3.05, 3.63) is 40.5 Å². The topological polar surface area (TPSA) is 54.5 Å². The van der Waals surface area contributed by atoms with Gasteiger partial charge in [0, 0.05) is 35.6 Å². The fraction of sp³-hybridized carbons (Fsp3) is 0.524. The second-order valence-corrected chi connectivity index (χ2v) is 8.55. The molecule has 1 amide bonds. The molecule has 1 saturated heterocycles. The highest BCUT2D eigenvalue weighted by atomic mass is 35.5. The highest BCUT2D eigenvalue weighted by molar-refractivity contribution is 6.31. The number of carbonyl (C=O) groups is 1. The first-order valence-corrected chi connectivity index (χ1v) is 9.79. The Morgan fingerprint density at radius 2 is 1.96 bits per heavy atom. The summed E-state index contributed by atoms with van der Waals surface area (Å²) >= 11 is 6.08. The van der Waals surface area contributed by atoms with Gasteiger partial charge in [0.05, 0.1) is 29.0 Å². The number of hydrogen-bond donors (Lipinski definition) is 1. The summed E-state index contributed by atoms with van der Waals surface area (Å²) in [6.45, 7) is 12.6. The van der Waals surface area contributed by atoms with Crippen molar-refractivity contribution >= 4 is 28.4 Å². The first-order chi connectivity index (χ1) is 12.7. The highest BCUT2D eigenvalue weighted by Crippen LogP contribution is 2.22. The van der Waals surface area contributed by atoms with E-state index in [0.29, 0.717) is 22.8 Å². The van der Waals surface area contributed by atoms with E-state index < -0.39 is 0 Å². The summed E-state index contributed by atoms with van der Waals surface area (Å²) in [6.07, 6.45) is 0.390. The third-order valence-electron chi connectivity index (χ3n) is 5.17. The number of fused-ring (bicyclic) bond motifs is 1. The number of amides is 1. The first kappa shape index (κ1) is 20.1. The number of ether oxygens (including phenoxy) is 1. The lowest BCUT2D eigenvalue weighted by molar-refractivity contribution is -0.0948. The molecule has 1 aliphatic rings. The van der Waals surface area contributed by atoms with Crippen LogP contribution in [-0.4, -0.2) is 53.2 Å². The number of halogens is 1. The molecular weight excluding hydrogens is 362 g/mol. The SMILES string of the molecule is Cc1nc2ccc(Cl)cc2cc1C(=O)NCC(C)(C)N1CC(C)OC(C)C1. The minimum absolute atomic E-state index is 0.107. The highest BCUT2D eigenvalue weighted by Gasteiger charge is 2.33. The molecular formula is C21H28ClN3O2. The Bertz CT molecular complexity index is 843. The zero-order valence-electron chi connectivity index (χ0n) is 16.7. The Hall–Kier alpha value is -1.69. The van der Waals surface area contributed by atoms with Gasteiger partial charge < -0.3 is 10.1 Å². The molecule has 2 unspecified atom stereocenters. The van der Waals surface area contributed by atoms with Gasteiger partial charge in [-0.3, -0.25) is 14.7 Å². The normalized spacial score (nSPS) is 21.4. The van der Waals surface area contributed by atoms with Crippen molar-refractivity contribution in [1.82, 2.24) is 15.2 Å². The molecule has 1 aromatic heterocycles. The van der Waals surface area contributed by atoms with E-state index in [1.165, 1.54) is 0 Å². The van der Waals surface area contributed by atoms with Gasteiger partial charge in [-0.25, -0.2) is 0 Å². The molecule has 2 aromatic rings. The number of hydrogen-bond acceptors (Lipinski definition) is 4. The van der Waals surface area contributed by atoms with Crippen LogP contribution in [0.5, 0.6) is 0 Å². The van der Waals surface area contributed by atoms with Gasteiger partial charge in [-0.1, -0.05) is 11.6 Å². The van der Waals surface area contributed by atoms with E-state index >= 15 is 0 Å². The van der Waals surface area contributed by atoms with Crippen LogP contribution in [0.1, 0.15) is 43.7 Å². The molecule has 2 atom stereocenters. The average Bonchev–Trinajstić information content (AvgIpc) is 2.58. The monoisotopic (exact) mass is 389 g/mol. The van der Waals surface area contributed by atoms with E-state index in [0.717, 1.165) is 24.0 Å². The van der Waals surface area contributed by atoms with Gasteiger partial charge in [-0.15, -0.1) is 0 Å². The van der Waals surface area contributed by atoms with Crippen molar-refractivity contribution in [2.45, 2.75) is 52.4 Å². The average molecular weight is 390 g/mol. The van der Waals surface area contributed by atoms with Gasteiger partial charge in [-0.05, 0) is 58.9 Å². The second-order valence-electron chi connectivity index (χ2n) is 8.12. The predicted octanol–water partition coefficient (Wildman–Crippen LogP) is 3.81. The lowest BCUT2D eigenvalue weighted by atomic mass is 9.99. The summed E-state index contributed by atoms with van der Waals surface area (Å²) in [4.78, 5) is 19.8. The third kappa shape index (κ3) is 4.60. The van der Waals surface area contributed by atoms with Crippen molar-refractivity contribution in [2.75, 3.05) is 19.6 Å². The number of aromatic nitrogens is 1. The summed E-state index contributed by atoms with van der Waals surface area (Å²) < 4.78 is 5.82. The number of nitrogens with one attached hydrogen (secondary N) is 1. The van der Waals surface area contributed by atoms with E-state index in [-0.39, 0.29) is 23.7 Å². The molecule has 0 spiro atoms. The number of nitrogens with zero attached hydrogens (tertiary/aromatic N) is 2. The van der Waals surface area contributed by atoms with Crippen LogP contribution in [-0.2, 0) is 4.74 Å². The van der Waals surface area contributed by atoms with Crippen LogP contribution < -0.4 is 5.32 Å². The molecule has 27 heavy (non-hydrogen) atoms. The van der Waals surface area contributed by atoms with E-state index in [1.54, 1.807) is 0 Å². The van der Waals surface area contributed by atoms with E-state index in [2.05, 4.69) is 42.9 Å². The number of aryl methyl sites for hydroxylation is 1. The Morgan fingerprint density at radius 1 is 1.30 bits per heavy atom. The maximum absolute atomic E-state index is 12.8. The minimum atomic E-state index is -0.163. The lowest BCUT2D eigenvalue weighted by Crippen LogP contribution is -2.58. The van der Waals surface area contributed by atoms with Crippen molar-refractivity contribution < 1.29 is 9.53 Å². The van der Waals surface area contributed by atoms with Gasteiger partial charge in [0.25, 0.3) is 5.91 Å². The summed E-state index contributed by atoms with van der Waals surface area (Å²) in [5, 5.41) is 4.60. The van der Waals surface area contributed by atoms with Gasteiger partial charge in [0.1, 0.15) is 0 Å². The molecule has 5 nitrogen and oxygen atoms in total. The van der Waals surface area contributed by atoms with Crippen molar-refractivity contribution in [2.24, 2.45) is 0 Å². The molecule has 0 bridgehead atoms. The first-order valence-electron chi connectivity index (χ1n) is 9.41. The second kappa shape index (κ2) is 7.74. The predicted molar refractivity (Wildman–Crippen MR) is 109 cm³/mol. The van der Waals surface area contributed by atoms with Crippen LogP contribution in [0, 0.1) is 6.92 Å². The van der Waals surface area contributed by atoms with Crippen LogP contribution in [0.15, 0.2) is 24.3 Å². The maximum atomic E-state index is 12.8. The zero-order valence-corrected chi connectivity index (χ0v) is 17.4. The summed E-state index contributed by atoms with van der Waals surface area (Å²) in [5.41, 5.74) is 1.98. The summed E-state index contributed by atoms with van der Waals surface area (Å²) in [6, 6.07) is 7.38. The van der Waals surface area contributed by atoms with Crippen molar-refractivity contribution in [3.8, 4) is 0 Å². The summed E-state index contributed by atoms with van der Waals surface area (Å²) in [7, 11) is 0. The summed E-state index contributed by atoms with van der Waals surface area (Å²) in [5.74, 6) is -0.107. The molecule has 6 heteroatoms. The molecule has 1 aliphatic heterocycles. The van der Waals surface area contributed by atoms with Crippen LogP contribution in [0.3, 0.4) is 0 Å². The Morgan fingerprint density at radius 3 is 2.63 bits per heavy atom. The number of benzene rings is 1. The Labute approximate surface area is 166 Å². The zero-order chi connectivity index (χ0) is 19.8. The van der Waals surface area contributed by atoms with Crippen LogP contribution >= 0.6 is 11.6 Å². The van der Waals surface area contributed by atoms with E-state index in [4.69, 9.17) is 16.3 Å². The molecule has 146 valence electrons. The largest absolute Gasteiger partial charge is 0.373 e. The van der Waals surface area contributed by atoms with Crippen molar-refractivity contribution in [1.29, 1.82) is 0 Å². The number of rotatable bonds is 4. The molecule has 0 radical (unpaired) electrons. The molecule has 0 saturated carbocycles. The van der Waals surface area contributed by atoms with Gasteiger partial charge in [0.2, 0.25) is 0 Å². The van der Waals surface area contributed by atoms with E-state index in [1.807, 2.05) is 31.2 Å². The third-order valence-corrected chi connectivity index (χ3v) is 5.40. The van der Waals surface area contributed by atoms with Gasteiger partial charge in [-0.2, -0.15) is 0 Å². The van der Waals surface area contributed by atoms with Gasteiger partial charge in [0.15, 0.2) is 0 Å². The number of morpholine rings is 1. The smallest absolute Gasteiger partial charge is 0.253 e. The fourth-order valence-electron chi connectivity index (χ4n) is 3.65. The number of pyridine rings is 1.